The molecule has 156 valence electrons. The fourth-order valence-electron chi connectivity index (χ4n) is 4.68. The van der Waals surface area contributed by atoms with Crippen molar-refractivity contribution < 1.29 is 14.7 Å². The van der Waals surface area contributed by atoms with Crippen molar-refractivity contribution in [3.05, 3.63) is 48.3 Å². The predicted molar refractivity (Wildman–Crippen MR) is 111 cm³/mol. The van der Waals surface area contributed by atoms with Crippen LogP contribution in [0.5, 0.6) is 0 Å². The Morgan fingerprint density at radius 2 is 2.07 bits per heavy atom. The number of carboxylic acids is 1. The van der Waals surface area contributed by atoms with Crippen LogP contribution >= 0.6 is 12.4 Å². The molecular formula is C21H27ClN4O3. The number of rotatable bonds is 7. The molecule has 1 aromatic heterocycles. The molecule has 1 amide bonds. The first kappa shape index (κ1) is 21.3. The van der Waals surface area contributed by atoms with E-state index in [1.807, 2.05) is 52.3 Å². The van der Waals surface area contributed by atoms with Gasteiger partial charge in [0.2, 0.25) is 5.91 Å². The summed E-state index contributed by atoms with van der Waals surface area (Å²) in [5.41, 5.74) is 1.43. The van der Waals surface area contributed by atoms with Crippen LogP contribution in [0.4, 0.5) is 0 Å². The van der Waals surface area contributed by atoms with Crippen LogP contribution in [0.25, 0.3) is 5.69 Å². The van der Waals surface area contributed by atoms with Crippen molar-refractivity contribution in [2.75, 3.05) is 26.2 Å². The smallest absolute Gasteiger partial charge is 0.311 e. The van der Waals surface area contributed by atoms with Crippen LogP contribution < -0.4 is 5.32 Å². The van der Waals surface area contributed by atoms with Gasteiger partial charge in [0.05, 0.1) is 23.8 Å². The van der Waals surface area contributed by atoms with Gasteiger partial charge in [-0.3, -0.25) is 14.5 Å². The van der Waals surface area contributed by atoms with Crippen LogP contribution in [0, 0.1) is 11.3 Å². The number of aromatic nitrogens is 2. The Hall–Kier alpha value is -2.38. The lowest BCUT2D eigenvalue weighted by molar-refractivity contribution is -0.149. The molecule has 2 atom stereocenters. The number of carboxylic acid groups (broad SMARTS) is 1. The van der Waals surface area contributed by atoms with Gasteiger partial charge >= 0.3 is 5.97 Å². The molecule has 2 fully saturated rings. The van der Waals surface area contributed by atoms with Crippen LogP contribution in [0.3, 0.4) is 0 Å². The lowest BCUT2D eigenvalue weighted by atomic mass is 9.81. The van der Waals surface area contributed by atoms with E-state index in [0.29, 0.717) is 26.1 Å². The van der Waals surface area contributed by atoms with Crippen molar-refractivity contribution in [1.82, 2.24) is 20.0 Å². The van der Waals surface area contributed by atoms with Gasteiger partial charge in [0.25, 0.3) is 0 Å². The van der Waals surface area contributed by atoms with E-state index in [4.69, 9.17) is 0 Å². The summed E-state index contributed by atoms with van der Waals surface area (Å²) < 4.78 is 1.82. The second kappa shape index (κ2) is 8.97. The number of para-hydroxylation sites is 1. The van der Waals surface area contributed by atoms with Gasteiger partial charge in [-0.1, -0.05) is 24.6 Å². The van der Waals surface area contributed by atoms with Crippen LogP contribution in [0.15, 0.2) is 42.7 Å². The number of hydrogen-bond donors (Lipinski definition) is 2. The minimum absolute atomic E-state index is 0. The zero-order chi connectivity index (χ0) is 19.6. The summed E-state index contributed by atoms with van der Waals surface area (Å²) in [6, 6.07) is 9.90. The van der Waals surface area contributed by atoms with E-state index in [0.717, 1.165) is 30.5 Å². The van der Waals surface area contributed by atoms with E-state index in [-0.39, 0.29) is 30.8 Å². The summed E-state index contributed by atoms with van der Waals surface area (Å²) >= 11 is 0. The Bertz CT molecular complexity index is 857. The first-order valence-corrected chi connectivity index (χ1v) is 9.88. The third-order valence-electron chi connectivity index (χ3n) is 6.13. The van der Waals surface area contributed by atoms with E-state index in [9.17, 15) is 14.7 Å². The minimum atomic E-state index is -0.701. The third kappa shape index (κ3) is 4.46. The van der Waals surface area contributed by atoms with Gasteiger partial charge < -0.3 is 10.4 Å². The molecular weight excluding hydrogens is 392 g/mol. The Kier molecular flexibility index (Phi) is 6.59. The lowest BCUT2D eigenvalue weighted by Gasteiger charge is -2.23. The molecule has 29 heavy (non-hydrogen) atoms. The standard InChI is InChI=1S/C21H26N4O3.ClH/c26-19(14-24-13-17-5-4-9-21(17,15-24)20(27)28)22-10-8-16-11-23-25(12-16)18-6-2-1-3-7-18;/h1-3,6-7,11-12,17H,4-5,8-10,13-15H2,(H,22,26)(H,27,28);1H/t17-,21+;/m0./s1. The Balaban J connectivity index is 0.00000240. The summed E-state index contributed by atoms with van der Waals surface area (Å²) in [6.07, 6.45) is 7.16. The van der Waals surface area contributed by atoms with Gasteiger partial charge in [-0.2, -0.15) is 5.10 Å². The molecule has 8 heteroatoms. The molecule has 1 aliphatic carbocycles. The normalized spacial score (nSPS) is 23.4. The molecule has 1 saturated heterocycles. The molecule has 0 spiro atoms. The van der Waals surface area contributed by atoms with E-state index in [2.05, 4.69) is 10.4 Å². The quantitative estimate of drug-likeness (QED) is 0.719. The lowest BCUT2D eigenvalue weighted by Crippen LogP contribution is -2.39. The number of aliphatic carboxylic acids is 1. The molecule has 2 heterocycles. The number of fused-ring (bicyclic) bond motifs is 1. The first-order valence-electron chi connectivity index (χ1n) is 9.88. The topological polar surface area (TPSA) is 87.5 Å². The Labute approximate surface area is 176 Å². The van der Waals surface area contributed by atoms with Gasteiger partial charge in [0.15, 0.2) is 0 Å². The Morgan fingerprint density at radius 3 is 2.79 bits per heavy atom. The fourth-order valence-corrected chi connectivity index (χ4v) is 4.68. The number of likely N-dealkylation sites (tertiary alicyclic amines) is 1. The highest BCUT2D eigenvalue weighted by Gasteiger charge is 2.54. The molecule has 2 N–H and O–H groups in total. The summed E-state index contributed by atoms with van der Waals surface area (Å²) in [6.45, 7) is 2.02. The number of benzene rings is 1. The van der Waals surface area contributed by atoms with Gasteiger partial charge in [0.1, 0.15) is 0 Å². The number of nitrogens with one attached hydrogen (secondary N) is 1. The number of nitrogens with zero attached hydrogens (tertiary/aromatic N) is 3. The van der Waals surface area contributed by atoms with Crippen LogP contribution in [-0.4, -0.2) is 57.8 Å². The van der Waals surface area contributed by atoms with Crippen molar-refractivity contribution in [2.24, 2.45) is 11.3 Å². The molecule has 2 aromatic rings. The molecule has 0 radical (unpaired) electrons. The molecule has 1 aromatic carbocycles. The monoisotopic (exact) mass is 418 g/mol. The predicted octanol–water partition coefficient (Wildman–Crippen LogP) is 2.14. The SMILES string of the molecule is Cl.O=C(CN1C[C@@H]2CCC[C@@]2(C(=O)O)C1)NCCc1cnn(-c2ccccc2)c1. The van der Waals surface area contributed by atoms with Gasteiger partial charge in [0, 0.05) is 25.8 Å². The second-order valence-corrected chi connectivity index (χ2v) is 7.95. The van der Waals surface area contributed by atoms with Crippen LogP contribution in [0.2, 0.25) is 0 Å². The number of hydrogen-bond acceptors (Lipinski definition) is 4. The number of carbonyl (C=O) groups excluding carboxylic acids is 1. The summed E-state index contributed by atoms with van der Waals surface area (Å²) in [5.74, 6) is -0.564. The van der Waals surface area contributed by atoms with Gasteiger partial charge in [-0.15, -0.1) is 12.4 Å². The summed E-state index contributed by atoms with van der Waals surface area (Å²) in [7, 11) is 0. The third-order valence-corrected chi connectivity index (χ3v) is 6.13. The van der Waals surface area contributed by atoms with Crippen molar-refractivity contribution >= 4 is 24.3 Å². The summed E-state index contributed by atoms with van der Waals surface area (Å²) in [5, 5.41) is 17.0. The van der Waals surface area contributed by atoms with Crippen molar-refractivity contribution in [1.29, 1.82) is 0 Å². The second-order valence-electron chi connectivity index (χ2n) is 7.95. The number of amides is 1. The van der Waals surface area contributed by atoms with E-state index in [1.165, 1.54) is 0 Å². The molecule has 4 rings (SSSR count). The van der Waals surface area contributed by atoms with Gasteiger partial charge in [-0.25, -0.2) is 4.68 Å². The van der Waals surface area contributed by atoms with Crippen molar-refractivity contribution in [3.63, 3.8) is 0 Å². The highest BCUT2D eigenvalue weighted by Crippen LogP contribution is 2.48. The molecule has 0 unspecified atom stereocenters. The van der Waals surface area contributed by atoms with Crippen LogP contribution in [-0.2, 0) is 16.0 Å². The minimum Gasteiger partial charge on any atom is -0.481 e. The summed E-state index contributed by atoms with van der Waals surface area (Å²) in [4.78, 5) is 26.0. The van der Waals surface area contributed by atoms with Crippen molar-refractivity contribution in [2.45, 2.75) is 25.7 Å². The zero-order valence-corrected chi connectivity index (χ0v) is 17.1. The maximum atomic E-state index is 12.3. The molecule has 7 nitrogen and oxygen atoms in total. The van der Waals surface area contributed by atoms with Gasteiger partial charge in [-0.05, 0) is 42.9 Å². The average molecular weight is 419 g/mol. The maximum Gasteiger partial charge on any atom is 0.311 e. The first-order chi connectivity index (χ1) is 13.6. The van der Waals surface area contributed by atoms with Crippen molar-refractivity contribution in [3.8, 4) is 5.69 Å². The number of carbonyl (C=O) groups is 2. The van der Waals surface area contributed by atoms with E-state index >= 15 is 0 Å². The molecule has 0 bridgehead atoms. The van der Waals surface area contributed by atoms with E-state index < -0.39 is 11.4 Å². The average Bonchev–Trinajstić information content (AvgIpc) is 3.37. The highest BCUT2D eigenvalue weighted by molar-refractivity contribution is 5.85. The van der Waals surface area contributed by atoms with E-state index in [1.54, 1.807) is 0 Å². The molecule has 2 aliphatic rings. The zero-order valence-electron chi connectivity index (χ0n) is 16.3. The maximum absolute atomic E-state index is 12.3. The largest absolute Gasteiger partial charge is 0.481 e. The molecule has 1 saturated carbocycles. The fraction of sp³-hybridized carbons (Fsp3) is 0.476. The Morgan fingerprint density at radius 1 is 1.28 bits per heavy atom. The number of halogens is 1. The molecule has 1 aliphatic heterocycles. The van der Waals surface area contributed by atoms with Crippen LogP contribution in [0.1, 0.15) is 24.8 Å². The highest BCUT2D eigenvalue weighted by atomic mass is 35.5.